The summed E-state index contributed by atoms with van der Waals surface area (Å²) in [5, 5.41) is 9.05. The van der Waals surface area contributed by atoms with E-state index in [-0.39, 0.29) is 30.3 Å². The summed E-state index contributed by atoms with van der Waals surface area (Å²) in [7, 11) is 0. The average molecular weight is 605 g/mol. The Hall–Kier alpha value is -2.15. The van der Waals surface area contributed by atoms with E-state index in [1.807, 2.05) is 22.6 Å². The first-order chi connectivity index (χ1) is 17.0. The Morgan fingerprint density at radius 3 is 2.74 bits per heavy atom. The second-order valence-corrected chi connectivity index (χ2v) is 8.82. The number of hydrogen-bond acceptors (Lipinski definition) is 6. The zero-order valence-electron chi connectivity index (χ0n) is 19.7. The molecule has 1 aromatic rings. The third-order valence-corrected chi connectivity index (χ3v) is 5.94. The van der Waals surface area contributed by atoms with Crippen molar-refractivity contribution in [2.24, 2.45) is 5.11 Å². The van der Waals surface area contributed by atoms with Crippen molar-refractivity contribution in [3.63, 3.8) is 0 Å². The predicted molar refractivity (Wildman–Crippen MR) is 137 cm³/mol. The molecule has 35 heavy (non-hydrogen) atoms. The molecule has 2 atom stereocenters. The highest BCUT2D eigenvalue weighted by atomic mass is 127. The SMILES string of the molecule is [N-]=[N+]=NCCCCC(=O)NCCCOc1ccc(C2OCC(CCCCNC(=O)CI)O2)cc1F. The van der Waals surface area contributed by atoms with Gasteiger partial charge in [0.2, 0.25) is 11.8 Å². The smallest absolute Gasteiger partial charge is 0.229 e. The van der Waals surface area contributed by atoms with E-state index in [1.165, 1.54) is 6.07 Å². The fraction of sp³-hybridized carbons (Fsp3) is 0.652. The number of ether oxygens (including phenoxy) is 3. The van der Waals surface area contributed by atoms with Gasteiger partial charge in [0, 0.05) is 36.5 Å². The van der Waals surface area contributed by atoms with E-state index >= 15 is 0 Å². The van der Waals surface area contributed by atoms with Gasteiger partial charge < -0.3 is 24.8 Å². The lowest BCUT2D eigenvalue weighted by atomic mass is 10.1. The summed E-state index contributed by atoms with van der Waals surface area (Å²) in [5.74, 6) is -0.382. The molecule has 0 radical (unpaired) electrons. The van der Waals surface area contributed by atoms with Crippen LogP contribution in [0, 0.1) is 5.82 Å². The summed E-state index contributed by atoms with van der Waals surface area (Å²) < 4.78 is 32.0. The number of nitrogens with zero attached hydrogens (tertiary/aromatic N) is 3. The molecule has 10 nitrogen and oxygen atoms in total. The van der Waals surface area contributed by atoms with Gasteiger partial charge in [0.1, 0.15) is 0 Å². The summed E-state index contributed by atoms with van der Waals surface area (Å²) in [4.78, 5) is 25.6. The lowest BCUT2D eigenvalue weighted by Crippen LogP contribution is -2.25. The van der Waals surface area contributed by atoms with Crippen molar-refractivity contribution in [2.75, 3.05) is 37.3 Å². The highest BCUT2D eigenvalue weighted by molar-refractivity contribution is 14.1. The van der Waals surface area contributed by atoms with Gasteiger partial charge in [0.15, 0.2) is 17.9 Å². The zero-order valence-corrected chi connectivity index (χ0v) is 21.9. The van der Waals surface area contributed by atoms with Gasteiger partial charge in [0.25, 0.3) is 0 Å². The Labute approximate surface area is 218 Å². The summed E-state index contributed by atoms with van der Waals surface area (Å²) in [6.45, 7) is 2.19. The Kier molecular flexibility index (Phi) is 14.4. The van der Waals surface area contributed by atoms with Crippen LogP contribution in [0.25, 0.3) is 10.4 Å². The standard InChI is InChI=1S/C23H33FIN5O5/c24-19-14-17(23-34-16-18(35-23)6-1-3-10-28-22(32)15-25)8-9-20(19)33-13-5-11-27-21(31)7-2-4-12-29-30-26/h8-9,14,18,23H,1-7,10-13,15-16H2,(H,27,31)(H,28,32). The van der Waals surface area contributed by atoms with E-state index < -0.39 is 12.1 Å². The third kappa shape index (κ3) is 11.9. The molecule has 1 aliphatic rings. The van der Waals surface area contributed by atoms with Crippen LogP contribution in [0.5, 0.6) is 5.75 Å². The molecule has 2 amide bonds. The third-order valence-electron chi connectivity index (χ3n) is 5.25. The normalized spacial score (nSPS) is 17.0. The first kappa shape index (κ1) is 29.1. The van der Waals surface area contributed by atoms with E-state index in [0.29, 0.717) is 61.9 Å². The zero-order chi connectivity index (χ0) is 25.3. The van der Waals surface area contributed by atoms with Crippen LogP contribution in [0.1, 0.15) is 56.8 Å². The van der Waals surface area contributed by atoms with Gasteiger partial charge in [-0.1, -0.05) is 33.8 Å². The van der Waals surface area contributed by atoms with Crippen LogP contribution in [0.3, 0.4) is 0 Å². The number of hydrogen-bond donors (Lipinski definition) is 2. The van der Waals surface area contributed by atoms with E-state index in [2.05, 4.69) is 20.7 Å². The Balaban J connectivity index is 1.60. The van der Waals surface area contributed by atoms with Crippen molar-refractivity contribution in [2.45, 2.75) is 57.3 Å². The van der Waals surface area contributed by atoms with Gasteiger partial charge in [-0.15, -0.1) is 0 Å². The average Bonchev–Trinajstić information content (AvgIpc) is 3.33. The summed E-state index contributed by atoms with van der Waals surface area (Å²) in [5.41, 5.74) is 8.79. The molecule has 1 heterocycles. The fourth-order valence-corrected chi connectivity index (χ4v) is 3.68. The van der Waals surface area contributed by atoms with Crippen molar-refractivity contribution in [3.8, 4) is 5.75 Å². The number of benzene rings is 1. The summed E-state index contributed by atoms with van der Waals surface area (Å²) in [6.07, 6.45) is 4.18. The number of carbonyl (C=O) groups excluding carboxylic acids is 2. The van der Waals surface area contributed by atoms with Crippen molar-refractivity contribution in [1.29, 1.82) is 0 Å². The Morgan fingerprint density at radius 2 is 1.97 bits per heavy atom. The molecule has 0 bridgehead atoms. The van der Waals surface area contributed by atoms with Crippen molar-refractivity contribution < 1.29 is 28.2 Å². The fourth-order valence-electron chi connectivity index (χ4n) is 3.41. The molecule has 12 heteroatoms. The molecule has 0 aromatic heterocycles. The maximum absolute atomic E-state index is 14.5. The van der Waals surface area contributed by atoms with Gasteiger partial charge in [-0.25, -0.2) is 4.39 Å². The number of rotatable bonds is 17. The maximum Gasteiger partial charge on any atom is 0.229 e. The van der Waals surface area contributed by atoms with E-state index in [1.54, 1.807) is 12.1 Å². The monoisotopic (exact) mass is 605 g/mol. The molecule has 0 aliphatic carbocycles. The molecule has 1 saturated heterocycles. The second kappa shape index (κ2) is 17.3. The minimum absolute atomic E-state index is 0.0408. The molecule has 2 rings (SSSR count). The van der Waals surface area contributed by atoms with Crippen LogP contribution in [0.2, 0.25) is 0 Å². The molecular weight excluding hydrogens is 572 g/mol. The van der Waals surface area contributed by atoms with Crippen LogP contribution in [-0.4, -0.2) is 55.2 Å². The van der Waals surface area contributed by atoms with E-state index in [4.69, 9.17) is 19.7 Å². The van der Waals surface area contributed by atoms with Crippen LogP contribution >= 0.6 is 22.6 Å². The molecule has 0 saturated carbocycles. The van der Waals surface area contributed by atoms with E-state index in [9.17, 15) is 14.0 Å². The molecule has 1 aromatic carbocycles. The quantitative estimate of drug-likeness (QED) is 0.0681. The number of unbranched alkanes of at least 4 members (excludes halogenated alkanes) is 2. The first-order valence-electron chi connectivity index (χ1n) is 11.8. The number of carbonyl (C=O) groups is 2. The van der Waals surface area contributed by atoms with Crippen molar-refractivity contribution in [3.05, 3.63) is 40.0 Å². The number of halogens is 2. The van der Waals surface area contributed by atoms with Gasteiger partial charge in [-0.05, 0) is 56.2 Å². The van der Waals surface area contributed by atoms with Crippen molar-refractivity contribution in [1.82, 2.24) is 10.6 Å². The van der Waals surface area contributed by atoms with E-state index in [0.717, 1.165) is 19.3 Å². The number of nitrogens with one attached hydrogen (secondary N) is 2. The number of alkyl halides is 1. The van der Waals surface area contributed by atoms with Gasteiger partial charge in [-0.2, -0.15) is 0 Å². The van der Waals surface area contributed by atoms with Crippen LogP contribution in [0.4, 0.5) is 4.39 Å². The van der Waals surface area contributed by atoms with Gasteiger partial charge in [-0.3, -0.25) is 9.59 Å². The van der Waals surface area contributed by atoms with Crippen LogP contribution < -0.4 is 15.4 Å². The first-order valence-corrected chi connectivity index (χ1v) is 13.4. The second-order valence-electron chi connectivity index (χ2n) is 8.06. The lowest BCUT2D eigenvalue weighted by Gasteiger charge is -2.14. The van der Waals surface area contributed by atoms with Crippen LogP contribution in [-0.2, 0) is 19.1 Å². The highest BCUT2D eigenvalue weighted by Gasteiger charge is 2.27. The maximum atomic E-state index is 14.5. The highest BCUT2D eigenvalue weighted by Crippen LogP contribution is 2.31. The summed E-state index contributed by atoms with van der Waals surface area (Å²) in [6, 6.07) is 4.64. The van der Waals surface area contributed by atoms with Gasteiger partial charge in [0.05, 0.1) is 23.7 Å². The molecule has 2 N–H and O–H groups in total. The lowest BCUT2D eigenvalue weighted by molar-refractivity contribution is -0.121. The predicted octanol–water partition coefficient (Wildman–Crippen LogP) is 4.33. The van der Waals surface area contributed by atoms with Crippen molar-refractivity contribution >= 4 is 34.4 Å². The van der Waals surface area contributed by atoms with Gasteiger partial charge >= 0.3 is 0 Å². The molecule has 0 spiro atoms. The largest absolute Gasteiger partial charge is 0.490 e. The number of amides is 2. The van der Waals surface area contributed by atoms with Crippen LogP contribution in [0.15, 0.2) is 23.3 Å². The minimum Gasteiger partial charge on any atom is -0.490 e. The Bertz CT molecular complexity index is 856. The summed E-state index contributed by atoms with van der Waals surface area (Å²) >= 11 is 2.03. The molecular formula is C23H33FIN5O5. The molecule has 1 aliphatic heterocycles. The number of azide groups is 1. The topological polar surface area (TPSA) is 135 Å². The molecule has 2 unspecified atom stereocenters. The molecule has 1 fully saturated rings. The minimum atomic E-state index is -0.607. The molecule has 194 valence electrons. The Morgan fingerprint density at radius 1 is 1.17 bits per heavy atom.